The quantitative estimate of drug-likeness (QED) is 0.815. The number of aliphatic carboxylic acids is 1. The first kappa shape index (κ1) is 16.7. The minimum Gasteiger partial charge on any atom is -0.480 e. The van der Waals surface area contributed by atoms with Crippen LogP contribution in [0.3, 0.4) is 0 Å². The second kappa shape index (κ2) is 5.76. The summed E-state index contributed by atoms with van der Waals surface area (Å²) < 4.78 is 23.1. The lowest BCUT2D eigenvalue weighted by Gasteiger charge is -2.34. The Labute approximate surface area is 137 Å². The summed E-state index contributed by atoms with van der Waals surface area (Å²) in [5.74, 6) is -0.765. The minimum absolute atomic E-state index is 0.0331. The minimum atomic E-state index is -3.13. The summed E-state index contributed by atoms with van der Waals surface area (Å²) in [6.07, 6.45) is 7.41. The predicted molar refractivity (Wildman–Crippen MR) is 84.6 cm³/mol. The number of hydrogen-bond acceptors (Lipinski definition) is 4. The van der Waals surface area contributed by atoms with E-state index < -0.39 is 27.3 Å². The molecule has 2 saturated carbocycles. The van der Waals surface area contributed by atoms with E-state index in [1.807, 2.05) is 0 Å². The van der Waals surface area contributed by atoms with Crippen LogP contribution in [0, 0.1) is 11.3 Å². The molecule has 0 bridgehead atoms. The van der Waals surface area contributed by atoms with E-state index in [0.29, 0.717) is 12.3 Å². The predicted octanol–water partition coefficient (Wildman–Crippen LogP) is 1.45. The topological polar surface area (TPSA) is 91.8 Å². The van der Waals surface area contributed by atoms with Crippen molar-refractivity contribution in [2.75, 3.05) is 12.0 Å². The van der Waals surface area contributed by atoms with Gasteiger partial charge >= 0.3 is 5.97 Å². The lowest BCUT2D eigenvalue weighted by Crippen LogP contribution is -2.47. The highest BCUT2D eigenvalue weighted by Gasteiger charge is 2.52. The van der Waals surface area contributed by atoms with Gasteiger partial charge in [-0.25, -0.2) is 13.2 Å². The fraction of sp³-hybridized carbons (Fsp3) is 0.875. The van der Waals surface area contributed by atoms with Gasteiger partial charge in [0.05, 0.1) is 5.75 Å². The van der Waals surface area contributed by atoms with Gasteiger partial charge < -0.3 is 10.0 Å². The Morgan fingerprint density at radius 2 is 1.87 bits per heavy atom. The van der Waals surface area contributed by atoms with E-state index in [4.69, 9.17) is 0 Å². The molecule has 1 heterocycles. The molecule has 0 aromatic carbocycles. The van der Waals surface area contributed by atoms with Gasteiger partial charge in [0, 0.05) is 18.7 Å². The first-order valence-corrected chi connectivity index (χ1v) is 10.5. The van der Waals surface area contributed by atoms with Crippen LogP contribution in [-0.2, 0) is 19.4 Å². The largest absolute Gasteiger partial charge is 0.480 e. The van der Waals surface area contributed by atoms with Crippen molar-refractivity contribution in [3.8, 4) is 0 Å². The number of hydrogen-bond donors (Lipinski definition) is 1. The Morgan fingerprint density at radius 3 is 2.43 bits per heavy atom. The van der Waals surface area contributed by atoms with Gasteiger partial charge in [0.15, 0.2) is 0 Å². The normalized spacial score (nSPS) is 32.4. The summed E-state index contributed by atoms with van der Waals surface area (Å²) in [6, 6.07) is -0.698. The average Bonchev–Trinajstić information content (AvgIpc) is 3.03. The van der Waals surface area contributed by atoms with Crippen LogP contribution < -0.4 is 0 Å². The number of fused-ring (bicyclic) bond motifs is 1. The molecule has 3 fully saturated rings. The van der Waals surface area contributed by atoms with E-state index in [1.54, 1.807) is 4.90 Å². The molecule has 0 aromatic rings. The maximum atomic E-state index is 12.8. The van der Waals surface area contributed by atoms with Gasteiger partial charge in [-0.15, -0.1) is 0 Å². The zero-order chi connectivity index (χ0) is 16.8. The van der Waals surface area contributed by atoms with Gasteiger partial charge in [-0.1, -0.05) is 12.8 Å². The van der Waals surface area contributed by atoms with Crippen molar-refractivity contribution in [2.45, 2.75) is 63.5 Å². The van der Waals surface area contributed by atoms with Crippen molar-refractivity contribution in [2.24, 2.45) is 11.3 Å². The fourth-order valence-electron chi connectivity index (χ4n) is 4.56. The number of carboxylic acid groups (broad SMARTS) is 1. The number of nitrogens with zero attached hydrogens (tertiary/aromatic N) is 1. The molecular formula is C16H25NO5S. The monoisotopic (exact) mass is 343 g/mol. The molecule has 23 heavy (non-hydrogen) atoms. The maximum absolute atomic E-state index is 12.8. The Hall–Kier alpha value is -1.11. The second-order valence-corrected chi connectivity index (χ2v) is 9.89. The van der Waals surface area contributed by atoms with Gasteiger partial charge in [-0.3, -0.25) is 4.79 Å². The highest BCUT2D eigenvalue weighted by Crippen LogP contribution is 2.51. The van der Waals surface area contributed by atoms with Crippen molar-refractivity contribution >= 4 is 21.7 Å². The Kier molecular flexibility index (Phi) is 4.19. The Morgan fingerprint density at radius 1 is 1.22 bits per heavy atom. The summed E-state index contributed by atoms with van der Waals surface area (Å²) in [5.41, 5.74) is -0.444. The summed E-state index contributed by atoms with van der Waals surface area (Å²) in [4.78, 5) is 26.0. The average molecular weight is 343 g/mol. The van der Waals surface area contributed by atoms with E-state index in [0.717, 1.165) is 38.5 Å². The first-order valence-electron chi connectivity index (χ1n) is 8.42. The van der Waals surface area contributed by atoms with E-state index in [-0.39, 0.29) is 24.1 Å². The maximum Gasteiger partial charge on any atom is 0.326 e. The van der Waals surface area contributed by atoms with Crippen molar-refractivity contribution in [3.63, 3.8) is 0 Å². The molecule has 7 heteroatoms. The van der Waals surface area contributed by atoms with Crippen molar-refractivity contribution in [1.29, 1.82) is 0 Å². The van der Waals surface area contributed by atoms with E-state index in [2.05, 4.69) is 0 Å². The van der Waals surface area contributed by atoms with Gasteiger partial charge in [-0.2, -0.15) is 0 Å². The highest BCUT2D eigenvalue weighted by atomic mass is 32.2. The number of amides is 1. The van der Waals surface area contributed by atoms with Crippen LogP contribution in [0.5, 0.6) is 0 Å². The van der Waals surface area contributed by atoms with Crippen LogP contribution in [0.15, 0.2) is 0 Å². The molecule has 0 unspecified atom stereocenters. The van der Waals surface area contributed by atoms with E-state index in [9.17, 15) is 23.1 Å². The summed E-state index contributed by atoms with van der Waals surface area (Å²) in [5, 5.41) is 9.49. The third-order valence-corrected chi connectivity index (χ3v) is 6.85. The van der Waals surface area contributed by atoms with Gasteiger partial charge in [0.2, 0.25) is 5.91 Å². The standard InChI is InChI=1S/C16H25NO5S/c1-23(21,22)10-16(6-7-16)9-14(18)17-12-5-3-2-4-11(12)8-13(17)15(19)20/h11-13H,2-10H2,1H3,(H,19,20)/t11-,12-,13-/m0/s1. The van der Waals surface area contributed by atoms with Crippen LogP contribution in [0.4, 0.5) is 0 Å². The smallest absolute Gasteiger partial charge is 0.326 e. The lowest BCUT2D eigenvalue weighted by atomic mass is 9.84. The number of carbonyl (C=O) groups excluding carboxylic acids is 1. The molecule has 3 aliphatic rings. The molecule has 2 aliphatic carbocycles. The first-order chi connectivity index (χ1) is 10.7. The highest BCUT2D eigenvalue weighted by molar-refractivity contribution is 7.90. The molecule has 1 N–H and O–H groups in total. The molecule has 0 radical (unpaired) electrons. The summed E-state index contributed by atoms with van der Waals surface area (Å²) in [7, 11) is -3.13. The van der Waals surface area contributed by atoms with Crippen LogP contribution in [0.1, 0.15) is 51.4 Å². The Balaban J connectivity index is 1.75. The van der Waals surface area contributed by atoms with Crippen LogP contribution in [0.25, 0.3) is 0 Å². The van der Waals surface area contributed by atoms with Gasteiger partial charge in [0.25, 0.3) is 0 Å². The third kappa shape index (κ3) is 3.54. The van der Waals surface area contributed by atoms with E-state index in [1.165, 1.54) is 6.26 Å². The SMILES string of the molecule is CS(=O)(=O)CC1(CC(=O)N2[C@H](C(=O)O)C[C@@H]3CCCC[C@@H]32)CC1. The van der Waals surface area contributed by atoms with Crippen LogP contribution in [-0.4, -0.2) is 54.4 Å². The van der Waals surface area contributed by atoms with Gasteiger partial charge in [-0.05, 0) is 43.4 Å². The molecule has 1 saturated heterocycles. The molecule has 3 atom stereocenters. The number of carboxylic acids is 1. The number of rotatable bonds is 5. The molecule has 6 nitrogen and oxygen atoms in total. The van der Waals surface area contributed by atoms with Crippen molar-refractivity contribution < 1.29 is 23.1 Å². The molecule has 3 rings (SSSR count). The molecular weight excluding hydrogens is 318 g/mol. The summed E-state index contributed by atoms with van der Waals surface area (Å²) in [6.45, 7) is 0. The number of carbonyl (C=O) groups is 2. The van der Waals surface area contributed by atoms with Crippen LogP contribution >= 0.6 is 0 Å². The molecule has 0 aromatic heterocycles. The van der Waals surface area contributed by atoms with Crippen molar-refractivity contribution in [3.05, 3.63) is 0 Å². The second-order valence-electron chi connectivity index (χ2n) is 7.75. The van der Waals surface area contributed by atoms with Crippen LogP contribution in [0.2, 0.25) is 0 Å². The molecule has 1 amide bonds. The Bertz CT molecular complexity index is 610. The summed E-state index contributed by atoms with van der Waals surface area (Å²) >= 11 is 0. The molecule has 130 valence electrons. The zero-order valence-electron chi connectivity index (χ0n) is 13.5. The lowest BCUT2D eigenvalue weighted by molar-refractivity contribution is -0.150. The molecule has 0 spiro atoms. The zero-order valence-corrected chi connectivity index (χ0v) is 14.3. The van der Waals surface area contributed by atoms with Crippen molar-refractivity contribution in [1.82, 2.24) is 4.90 Å². The third-order valence-electron chi connectivity index (χ3n) is 5.71. The number of likely N-dealkylation sites (tertiary alicyclic amines) is 1. The molecule has 1 aliphatic heterocycles. The number of sulfone groups is 1. The van der Waals surface area contributed by atoms with Gasteiger partial charge in [0.1, 0.15) is 15.9 Å². The van der Waals surface area contributed by atoms with E-state index >= 15 is 0 Å². The fourth-order valence-corrected chi connectivity index (χ4v) is 6.06.